The number of nitrogens with one attached hydrogen (secondary N) is 1. The smallest absolute Gasteiger partial charge is 0.206 e. The summed E-state index contributed by atoms with van der Waals surface area (Å²) in [7, 11) is -12.8. The van der Waals surface area contributed by atoms with Crippen molar-refractivity contribution >= 4 is 31.8 Å². The monoisotopic (exact) mass is 435 g/mol. The zero-order valence-electron chi connectivity index (χ0n) is 12.1. The summed E-state index contributed by atoms with van der Waals surface area (Å²) in [6.07, 6.45) is 0. The van der Waals surface area contributed by atoms with Gasteiger partial charge in [-0.1, -0.05) is 18.0 Å². The SMILES string of the molecule is CC(C)Sc1c(F)c(F)c(S(=O)(=O)NS(=O)(=O)C(F)(F)F)c(F)c1F. The second kappa shape index (κ2) is 6.92. The van der Waals surface area contributed by atoms with Gasteiger partial charge < -0.3 is 0 Å². The molecule has 0 aromatic heterocycles. The quantitative estimate of drug-likeness (QED) is 0.437. The topological polar surface area (TPSA) is 80.3 Å². The molecule has 0 saturated carbocycles. The zero-order valence-corrected chi connectivity index (χ0v) is 14.5. The van der Waals surface area contributed by atoms with E-state index in [-0.39, 0.29) is 15.9 Å². The molecule has 0 fully saturated rings. The lowest BCUT2D eigenvalue weighted by Crippen LogP contribution is -2.41. The van der Waals surface area contributed by atoms with Crippen molar-refractivity contribution in [1.82, 2.24) is 4.13 Å². The van der Waals surface area contributed by atoms with Gasteiger partial charge in [-0.15, -0.1) is 11.8 Å². The number of sulfonamides is 2. The highest BCUT2D eigenvalue weighted by molar-refractivity contribution is 8.05. The second-order valence-electron chi connectivity index (χ2n) is 4.62. The van der Waals surface area contributed by atoms with Gasteiger partial charge in [-0.3, -0.25) is 0 Å². The summed E-state index contributed by atoms with van der Waals surface area (Å²) in [4.78, 5) is -3.77. The lowest BCUT2D eigenvalue weighted by Gasteiger charge is -2.14. The number of hydrogen-bond acceptors (Lipinski definition) is 5. The van der Waals surface area contributed by atoms with E-state index in [4.69, 9.17) is 0 Å². The van der Waals surface area contributed by atoms with Crippen molar-refractivity contribution in [3.8, 4) is 0 Å². The van der Waals surface area contributed by atoms with Gasteiger partial charge >= 0.3 is 15.5 Å². The maximum absolute atomic E-state index is 13.8. The Balaban J connectivity index is 3.64. The number of hydrogen-bond donors (Lipinski definition) is 1. The molecule has 0 radical (unpaired) electrons. The Hall–Kier alpha value is -1.06. The van der Waals surface area contributed by atoms with Crippen LogP contribution in [0.15, 0.2) is 9.79 Å². The molecule has 15 heteroatoms. The molecule has 1 aromatic rings. The van der Waals surface area contributed by atoms with Crippen molar-refractivity contribution in [1.29, 1.82) is 0 Å². The summed E-state index contributed by atoms with van der Waals surface area (Å²) in [5.74, 6) is -9.51. The van der Waals surface area contributed by atoms with Gasteiger partial charge in [-0.05, 0) is 0 Å². The van der Waals surface area contributed by atoms with Crippen LogP contribution in [-0.2, 0) is 20.0 Å². The summed E-state index contributed by atoms with van der Waals surface area (Å²) in [5, 5.41) is -0.603. The van der Waals surface area contributed by atoms with Gasteiger partial charge in [-0.2, -0.15) is 13.2 Å². The van der Waals surface area contributed by atoms with E-state index >= 15 is 0 Å². The molecule has 1 rings (SSSR count). The van der Waals surface area contributed by atoms with Crippen LogP contribution in [0, 0.1) is 23.3 Å². The molecule has 0 heterocycles. The molecular formula is C10H8F7NO4S3. The molecule has 0 atom stereocenters. The third-order valence-corrected chi connectivity index (χ3v) is 6.66. The summed E-state index contributed by atoms with van der Waals surface area (Å²) in [6.45, 7) is 2.75. The minimum absolute atomic E-state index is 0.0155. The van der Waals surface area contributed by atoms with Crippen LogP contribution in [0.3, 0.4) is 0 Å². The molecule has 0 bridgehead atoms. The number of benzene rings is 1. The van der Waals surface area contributed by atoms with Gasteiger partial charge in [0.1, 0.15) is 0 Å². The third kappa shape index (κ3) is 4.38. The normalized spacial score (nSPS) is 13.5. The molecule has 0 aliphatic heterocycles. The van der Waals surface area contributed by atoms with Crippen LogP contribution < -0.4 is 4.13 Å². The number of thioether (sulfide) groups is 1. The number of rotatable bonds is 5. The first-order valence-corrected chi connectivity index (χ1v) is 9.75. The highest BCUT2D eigenvalue weighted by Gasteiger charge is 2.49. The lowest BCUT2D eigenvalue weighted by atomic mass is 10.3. The summed E-state index contributed by atoms with van der Waals surface area (Å²) in [6, 6.07) is 0. The highest BCUT2D eigenvalue weighted by atomic mass is 32.3. The van der Waals surface area contributed by atoms with E-state index in [1.165, 1.54) is 13.8 Å². The predicted octanol–water partition coefficient (Wildman–Crippen LogP) is 2.87. The Bertz CT molecular complexity index is 865. The fraction of sp³-hybridized carbons (Fsp3) is 0.400. The molecule has 0 aliphatic rings. The highest BCUT2D eigenvalue weighted by Crippen LogP contribution is 2.35. The Kier molecular flexibility index (Phi) is 6.09. The Labute approximate surface area is 141 Å². The molecule has 25 heavy (non-hydrogen) atoms. The molecular weight excluding hydrogens is 427 g/mol. The molecule has 0 saturated heterocycles. The van der Waals surface area contributed by atoms with Gasteiger partial charge in [-0.25, -0.2) is 34.4 Å². The molecule has 0 unspecified atom stereocenters. The van der Waals surface area contributed by atoms with Crippen LogP contribution in [0.5, 0.6) is 0 Å². The Morgan fingerprint density at radius 2 is 1.28 bits per heavy atom. The van der Waals surface area contributed by atoms with Crippen molar-refractivity contribution in [2.45, 2.75) is 34.4 Å². The molecule has 144 valence electrons. The molecule has 0 spiro atoms. The van der Waals surface area contributed by atoms with Crippen LogP contribution in [0.1, 0.15) is 13.8 Å². The maximum atomic E-state index is 13.8. The molecule has 0 aliphatic carbocycles. The van der Waals surface area contributed by atoms with Gasteiger partial charge in [0.25, 0.3) is 10.0 Å². The van der Waals surface area contributed by atoms with Crippen LogP contribution in [0.2, 0.25) is 0 Å². The third-order valence-electron chi connectivity index (χ3n) is 2.33. The minimum Gasteiger partial charge on any atom is -0.206 e. The summed E-state index contributed by atoms with van der Waals surface area (Å²) < 4.78 is 137. The second-order valence-corrected chi connectivity index (χ2v) is 9.76. The van der Waals surface area contributed by atoms with Crippen LogP contribution in [0.4, 0.5) is 30.7 Å². The lowest BCUT2D eigenvalue weighted by molar-refractivity contribution is -0.0441. The van der Waals surface area contributed by atoms with Crippen molar-refractivity contribution in [3.63, 3.8) is 0 Å². The Morgan fingerprint density at radius 3 is 1.60 bits per heavy atom. The average Bonchev–Trinajstić information content (AvgIpc) is 2.38. The first kappa shape index (κ1) is 22.0. The van der Waals surface area contributed by atoms with Gasteiger partial charge in [0.05, 0.1) is 4.90 Å². The van der Waals surface area contributed by atoms with E-state index in [0.717, 1.165) is 0 Å². The largest absolute Gasteiger partial charge is 0.512 e. The van der Waals surface area contributed by atoms with E-state index < -0.39 is 63.9 Å². The summed E-state index contributed by atoms with van der Waals surface area (Å²) in [5.41, 5.74) is -6.16. The van der Waals surface area contributed by atoms with Gasteiger partial charge in [0.15, 0.2) is 28.2 Å². The van der Waals surface area contributed by atoms with Gasteiger partial charge in [0, 0.05) is 5.25 Å². The van der Waals surface area contributed by atoms with Crippen LogP contribution in [0.25, 0.3) is 0 Å². The molecule has 0 amide bonds. The van der Waals surface area contributed by atoms with Crippen LogP contribution >= 0.6 is 11.8 Å². The average molecular weight is 435 g/mol. The molecule has 1 N–H and O–H groups in total. The van der Waals surface area contributed by atoms with Gasteiger partial charge in [0.2, 0.25) is 0 Å². The van der Waals surface area contributed by atoms with E-state index in [1.54, 1.807) is 0 Å². The van der Waals surface area contributed by atoms with E-state index in [0.29, 0.717) is 0 Å². The van der Waals surface area contributed by atoms with Crippen molar-refractivity contribution in [2.75, 3.05) is 0 Å². The predicted molar refractivity (Wildman–Crippen MR) is 72.6 cm³/mol. The standard InChI is InChI=1S/C10H8F7NO4S3/c1-3(2)23-8-4(11)6(13)9(7(14)5(8)12)24(19,20)18-25(21,22)10(15,16)17/h3,18H,1-2H3. The van der Waals surface area contributed by atoms with Crippen molar-refractivity contribution in [3.05, 3.63) is 23.3 Å². The fourth-order valence-electron chi connectivity index (χ4n) is 1.40. The van der Waals surface area contributed by atoms with Crippen LogP contribution in [-0.4, -0.2) is 27.6 Å². The molecule has 5 nitrogen and oxygen atoms in total. The number of alkyl halides is 3. The van der Waals surface area contributed by atoms with E-state index in [9.17, 15) is 47.6 Å². The number of halogens is 7. The molecule has 1 aromatic carbocycles. The van der Waals surface area contributed by atoms with Crippen molar-refractivity contribution in [2.24, 2.45) is 0 Å². The first-order valence-electron chi connectivity index (χ1n) is 5.90. The van der Waals surface area contributed by atoms with E-state index in [1.807, 2.05) is 0 Å². The summed E-state index contributed by atoms with van der Waals surface area (Å²) >= 11 is 0.273. The fourth-order valence-corrected chi connectivity index (χ4v) is 4.78. The zero-order chi connectivity index (χ0) is 20.0. The maximum Gasteiger partial charge on any atom is 0.512 e. The Morgan fingerprint density at radius 1 is 0.880 bits per heavy atom. The van der Waals surface area contributed by atoms with Crippen molar-refractivity contribution < 1.29 is 47.6 Å². The first-order chi connectivity index (χ1) is 11.0. The minimum atomic E-state index is -6.61. The van der Waals surface area contributed by atoms with E-state index in [2.05, 4.69) is 0 Å².